The van der Waals surface area contributed by atoms with Crippen LogP contribution in [0, 0.1) is 13.8 Å². The minimum Gasteiger partial charge on any atom is -0.468 e. The van der Waals surface area contributed by atoms with Crippen molar-refractivity contribution >= 4 is 10.9 Å². The molecule has 194 valence electrons. The van der Waals surface area contributed by atoms with E-state index in [0.29, 0.717) is 24.5 Å². The Labute approximate surface area is 221 Å². The summed E-state index contributed by atoms with van der Waals surface area (Å²) in [6.07, 6.45) is 6.07. The molecule has 0 radical (unpaired) electrons. The highest BCUT2D eigenvalue weighted by atomic mass is 16.3. The maximum absolute atomic E-state index is 13.8. The second-order valence-electron chi connectivity index (χ2n) is 10.4. The molecule has 0 amide bonds. The second kappa shape index (κ2) is 10.4. The molecular formula is C30H32N6O2. The SMILES string of the molecule is Cc1cc(C)c2cc([C@@H](c3nnnn3C3CCCC3)N(Cc3ccccc3)Cc3ccco3)c(=O)[nH]c2c1. The molecule has 0 bridgehead atoms. The fraction of sp³-hybridized carbons (Fsp3) is 0.333. The maximum Gasteiger partial charge on any atom is 0.253 e. The van der Waals surface area contributed by atoms with Crippen molar-refractivity contribution in [3.8, 4) is 0 Å². The van der Waals surface area contributed by atoms with Crippen molar-refractivity contribution in [1.82, 2.24) is 30.1 Å². The van der Waals surface area contributed by atoms with Gasteiger partial charge in [-0.3, -0.25) is 9.69 Å². The van der Waals surface area contributed by atoms with E-state index in [1.54, 1.807) is 6.26 Å². The van der Waals surface area contributed by atoms with E-state index in [1.807, 2.05) is 54.1 Å². The Morgan fingerprint density at radius 1 is 1.05 bits per heavy atom. The van der Waals surface area contributed by atoms with Gasteiger partial charge in [0.25, 0.3) is 5.56 Å². The van der Waals surface area contributed by atoms with Crippen LogP contribution in [-0.4, -0.2) is 30.1 Å². The summed E-state index contributed by atoms with van der Waals surface area (Å²) in [6, 6.07) is 20.1. The van der Waals surface area contributed by atoms with Crippen molar-refractivity contribution in [1.29, 1.82) is 0 Å². The third-order valence-electron chi connectivity index (χ3n) is 7.60. The molecule has 5 aromatic rings. The Balaban J connectivity index is 1.55. The summed E-state index contributed by atoms with van der Waals surface area (Å²) < 4.78 is 7.74. The van der Waals surface area contributed by atoms with Gasteiger partial charge in [0.15, 0.2) is 5.82 Å². The van der Waals surface area contributed by atoms with Gasteiger partial charge >= 0.3 is 0 Å². The lowest BCUT2D eigenvalue weighted by Gasteiger charge is -2.31. The monoisotopic (exact) mass is 508 g/mol. The summed E-state index contributed by atoms with van der Waals surface area (Å²) >= 11 is 0. The van der Waals surface area contributed by atoms with E-state index in [9.17, 15) is 4.79 Å². The molecule has 8 nitrogen and oxygen atoms in total. The van der Waals surface area contributed by atoms with Crippen molar-refractivity contribution in [3.63, 3.8) is 0 Å². The first-order valence-corrected chi connectivity index (χ1v) is 13.3. The van der Waals surface area contributed by atoms with Gasteiger partial charge in [-0.1, -0.05) is 49.2 Å². The molecule has 2 aromatic carbocycles. The number of H-pyrrole nitrogens is 1. The third kappa shape index (κ3) is 4.79. The van der Waals surface area contributed by atoms with Gasteiger partial charge in [0.05, 0.1) is 18.8 Å². The van der Waals surface area contributed by atoms with Crippen LogP contribution in [0.5, 0.6) is 0 Å². The lowest BCUT2D eigenvalue weighted by molar-refractivity contribution is 0.176. The van der Waals surface area contributed by atoms with Gasteiger partial charge in [-0.05, 0) is 78.1 Å². The number of hydrogen-bond donors (Lipinski definition) is 1. The Hall–Kier alpha value is -4.04. The quantitative estimate of drug-likeness (QED) is 0.292. The van der Waals surface area contributed by atoms with E-state index in [2.05, 4.69) is 50.5 Å². The highest BCUT2D eigenvalue weighted by Crippen LogP contribution is 2.35. The van der Waals surface area contributed by atoms with Crippen LogP contribution in [0.3, 0.4) is 0 Å². The average molecular weight is 509 g/mol. The summed E-state index contributed by atoms with van der Waals surface area (Å²) in [5, 5.41) is 14.2. The minimum atomic E-state index is -0.482. The van der Waals surface area contributed by atoms with Gasteiger partial charge in [-0.2, -0.15) is 0 Å². The number of fused-ring (bicyclic) bond motifs is 1. The lowest BCUT2D eigenvalue weighted by atomic mass is 9.99. The molecule has 3 heterocycles. The number of tetrazole rings is 1. The fourth-order valence-electron chi connectivity index (χ4n) is 5.84. The zero-order valence-corrected chi connectivity index (χ0v) is 21.8. The van der Waals surface area contributed by atoms with Crippen molar-refractivity contribution in [2.45, 2.75) is 64.7 Å². The number of pyridine rings is 1. The molecule has 8 heteroatoms. The number of aryl methyl sites for hydroxylation is 2. The summed E-state index contributed by atoms with van der Waals surface area (Å²) in [6.45, 7) is 5.21. The molecule has 1 aliphatic rings. The predicted octanol–water partition coefficient (Wildman–Crippen LogP) is 5.63. The van der Waals surface area contributed by atoms with Crippen LogP contribution in [0.2, 0.25) is 0 Å². The van der Waals surface area contributed by atoms with Gasteiger partial charge in [0.1, 0.15) is 11.8 Å². The maximum atomic E-state index is 13.8. The molecule has 6 rings (SSSR count). The lowest BCUT2D eigenvalue weighted by Crippen LogP contribution is -2.35. The van der Waals surface area contributed by atoms with E-state index in [4.69, 9.17) is 4.42 Å². The van der Waals surface area contributed by atoms with Crippen LogP contribution in [0.15, 0.2) is 76.1 Å². The molecule has 1 atom stereocenters. The summed E-state index contributed by atoms with van der Waals surface area (Å²) in [7, 11) is 0. The van der Waals surface area contributed by atoms with Crippen LogP contribution in [0.25, 0.3) is 10.9 Å². The smallest absolute Gasteiger partial charge is 0.253 e. The van der Waals surface area contributed by atoms with E-state index in [1.165, 1.54) is 0 Å². The zero-order valence-electron chi connectivity index (χ0n) is 21.8. The molecule has 0 saturated heterocycles. The number of furan rings is 1. The Morgan fingerprint density at radius 2 is 1.87 bits per heavy atom. The number of nitrogens with one attached hydrogen (secondary N) is 1. The number of nitrogens with zero attached hydrogens (tertiary/aromatic N) is 5. The van der Waals surface area contributed by atoms with Gasteiger partial charge in [-0.25, -0.2) is 4.68 Å². The van der Waals surface area contributed by atoms with Crippen molar-refractivity contribution < 1.29 is 4.42 Å². The minimum absolute atomic E-state index is 0.133. The topological polar surface area (TPSA) is 92.8 Å². The van der Waals surface area contributed by atoms with Crippen molar-refractivity contribution in [3.05, 3.63) is 111 Å². The van der Waals surface area contributed by atoms with Crippen LogP contribution in [0.1, 0.15) is 71.6 Å². The van der Waals surface area contributed by atoms with Crippen molar-refractivity contribution in [2.24, 2.45) is 0 Å². The van der Waals surface area contributed by atoms with Crippen LogP contribution in [0.4, 0.5) is 0 Å². The molecule has 0 unspecified atom stereocenters. The van der Waals surface area contributed by atoms with Gasteiger partial charge in [-0.15, -0.1) is 5.10 Å². The normalized spacial score (nSPS) is 15.0. The molecule has 1 fully saturated rings. The molecule has 1 N–H and O–H groups in total. The van der Waals surface area contributed by atoms with E-state index < -0.39 is 6.04 Å². The van der Waals surface area contributed by atoms with E-state index >= 15 is 0 Å². The number of rotatable bonds is 8. The summed E-state index contributed by atoms with van der Waals surface area (Å²) in [5.74, 6) is 1.50. The van der Waals surface area contributed by atoms with Crippen LogP contribution >= 0.6 is 0 Å². The van der Waals surface area contributed by atoms with Crippen LogP contribution in [-0.2, 0) is 13.1 Å². The highest BCUT2D eigenvalue weighted by molar-refractivity contribution is 5.83. The molecular weight excluding hydrogens is 476 g/mol. The first kappa shape index (κ1) is 24.3. The summed E-state index contributed by atoms with van der Waals surface area (Å²) in [4.78, 5) is 19.2. The Morgan fingerprint density at radius 3 is 2.63 bits per heavy atom. The van der Waals surface area contributed by atoms with Gasteiger partial charge < -0.3 is 9.40 Å². The van der Waals surface area contributed by atoms with Gasteiger partial charge in [0, 0.05) is 23.0 Å². The first-order valence-electron chi connectivity index (χ1n) is 13.3. The van der Waals surface area contributed by atoms with Gasteiger partial charge in [0.2, 0.25) is 0 Å². The fourth-order valence-corrected chi connectivity index (χ4v) is 5.84. The van der Waals surface area contributed by atoms with Crippen molar-refractivity contribution in [2.75, 3.05) is 0 Å². The summed E-state index contributed by atoms with van der Waals surface area (Å²) in [5.41, 5.74) is 4.70. The second-order valence-corrected chi connectivity index (χ2v) is 10.4. The number of aromatic nitrogens is 5. The molecule has 1 aliphatic carbocycles. The number of benzene rings is 2. The molecule has 3 aromatic heterocycles. The highest BCUT2D eigenvalue weighted by Gasteiger charge is 2.34. The molecule has 0 spiro atoms. The molecule has 0 aliphatic heterocycles. The molecule has 1 saturated carbocycles. The standard InChI is InChI=1S/C30H32N6O2/c1-20-15-21(2)25-17-26(30(37)31-27(25)16-20)28(29-32-33-34-36(29)23-11-6-7-12-23)35(19-24-13-8-14-38-24)18-22-9-4-3-5-10-22/h3-5,8-10,13-17,23,28H,6-7,11-12,18-19H2,1-2H3,(H,31,37)/t28-/m0/s1. The van der Waals surface area contributed by atoms with Crippen LogP contribution < -0.4 is 5.56 Å². The average Bonchev–Trinajstić information content (AvgIpc) is 3.68. The number of aromatic amines is 1. The first-order chi connectivity index (χ1) is 18.6. The zero-order chi connectivity index (χ0) is 26.1. The van der Waals surface area contributed by atoms with E-state index in [0.717, 1.165) is 59.0 Å². The Kier molecular flexibility index (Phi) is 6.64. The largest absolute Gasteiger partial charge is 0.468 e. The Bertz CT molecular complexity index is 1580. The predicted molar refractivity (Wildman–Crippen MR) is 146 cm³/mol. The number of hydrogen-bond acceptors (Lipinski definition) is 6. The third-order valence-corrected chi connectivity index (χ3v) is 7.60. The van der Waals surface area contributed by atoms with E-state index in [-0.39, 0.29) is 11.6 Å². The molecule has 38 heavy (non-hydrogen) atoms.